The van der Waals surface area contributed by atoms with Crippen molar-refractivity contribution in [2.45, 2.75) is 104 Å². The number of phenols is 1. The number of rotatable bonds is 16. The van der Waals surface area contributed by atoms with E-state index in [1.165, 1.54) is 76.2 Å². The maximum Gasteiger partial charge on any atom is 0.172 e. The summed E-state index contributed by atoms with van der Waals surface area (Å²) in [6, 6.07) is 14.1. The van der Waals surface area contributed by atoms with E-state index in [1.807, 2.05) is 18.2 Å². The lowest BCUT2D eigenvalue weighted by Crippen LogP contribution is -1.97. The van der Waals surface area contributed by atoms with Crippen molar-refractivity contribution in [3.8, 4) is 17.2 Å². The Labute approximate surface area is 184 Å². The molecule has 2 aromatic rings. The van der Waals surface area contributed by atoms with Gasteiger partial charge in [-0.3, -0.25) is 0 Å². The van der Waals surface area contributed by atoms with E-state index in [2.05, 4.69) is 32.0 Å². The van der Waals surface area contributed by atoms with Crippen LogP contribution in [0.5, 0.6) is 17.2 Å². The number of aromatic hydroxyl groups is 1. The number of para-hydroxylation sites is 2. The summed E-state index contributed by atoms with van der Waals surface area (Å²) in [5, 5.41) is 10.5. The molecule has 0 saturated heterocycles. The molecule has 0 atom stereocenters. The molecular formula is C28H42O2. The first-order valence-electron chi connectivity index (χ1n) is 12.3. The Hall–Kier alpha value is -1.96. The molecule has 0 aliphatic carbocycles. The van der Waals surface area contributed by atoms with E-state index in [0.29, 0.717) is 5.75 Å². The number of hydrogen-bond acceptors (Lipinski definition) is 2. The van der Waals surface area contributed by atoms with Crippen molar-refractivity contribution in [3.05, 3.63) is 53.6 Å². The van der Waals surface area contributed by atoms with Crippen LogP contribution < -0.4 is 4.74 Å². The van der Waals surface area contributed by atoms with Gasteiger partial charge in [0.1, 0.15) is 5.75 Å². The van der Waals surface area contributed by atoms with E-state index >= 15 is 0 Å². The van der Waals surface area contributed by atoms with E-state index in [1.54, 1.807) is 6.07 Å². The molecule has 0 spiro atoms. The minimum absolute atomic E-state index is 0.242. The normalized spacial score (nSPS) is 11.0. The minimum atomic E-state index is 0.242. The highest BCUT2D eigenvalue weighted by Crippen LogP contribution is 2.36. The summed E-state index contributed by atoms with van der Waals surface area (Å²) in [5.41, 5.74) is 2.35. The van der Waals surface area contributed by atoms with Crippen molar-refractivity contribution in [1.82, 2.24) is 0 Å². The number of aryl methyl sites for hydroxylation is 2. The van der Waals surface area contributed by atoms with Gasteiger partial charge in [-0.05, 0) is 48.9 Å². The van der Waals surface area contributed by atoms with E-state index < -0.39 is 0 Å². The summed E-state index contributed by atoms with van der Waals surface area (Å²) >= 11 is 0. The Morgan fingerprint density at radius 2 is 1.13 bits per heavy atom. The predicted molar refractivity (Wildman–Crippen MR) is 129 cm³/mol. The van der Waals surface area contributed by atoms with Crippen LogP contribution in [0.4, 0.5) is 0 Å². The highest BCUT2D eigenvalue weighted by atomic mass is 16.5. The van der Waals surface area contributed by atoms with Gasteiger partial charge in [0.15, 0.2) is 11.5 Å². The minimum Gasteiger partial charge on any atom is -0.504 e. The largest absolute Gasteiger partial charge is 0.504 e. The molecule has 0 aliphatic heterocycles. The van der Waals surface area contributed by atoms with Crippen molar-refractivity contribution in [2.24, 2.45) is 0 Å². The molecule has 0 aliphatic rings. The smallest absolute Gasteiger partial charge is 0.172 e. The molecule has 30 heavy (non-hydrogen) atoms. The zero-order valence-corrected chi connectivity index (χ0v) is 19.3. The molecular weight excluding hydrogens is 368 g/mol. The van der Waals surface area contributed by atoms with Gasteiger partial charge < -0.3 is 9.84 Å². The number of phenolic OH excluding ortho intramolecular Hbond substituents is 1. The second-order valence-corrected chi connectivity index (χ2v) is 8.51. The molecule has 0 unspecified atom stereocenters. The molecule has 2 rings (SSSR count). The Morgan fingerprint density at radius 3 is 1.80 bits per heavy atom. The molecule has 0 aromatic heterocycles. The first kappa shape index (κ1) is 24.3. The second-order valence-electron chi connectivity index (χ2n) is 8.51. The third-order valence-corrected chi connectivity index (χ3v) is 5.86. The van der Waals surface area contributed by atoms with E-state index in [0.717, 1.165) is 30.6 Å². The van der Waals surface area contributed by atoms with Crippen LogP contribution in [0, 0.1) is 0 Å². The number of hydrogen-bond donors (Lipinski definition) is 1. The Balaban J connectivity index is 1.94. The first-order valence-corrected chi connectivity index (χ1v) is 12.3. The Kier molecular flexibility index (Phi) is 12.1. The fraction of sp³-hybridized carbons (Fsp3) is 0.571. The maximum absolute atomic E-state index is 10.5. The monoisotopic (exact) mass is 410 g/mol. The number of unbranched alkanes of at least 4 members (excludes halogenated alkanes) is 10. The lowest BCUT2D eigenvalue weighted by atomic mass is 10.0. The third-order valence-electron chi connectivity index (χ3n) is 5.86. The van der Waals surface area contributed by atoms with Crippen LogP contribution in [0.1, 0.15) is 102 Å². The Bertz CT molecular complexity index is 708. The standard InChI is InChI=1S/C28H42O2/c1-3-5-7-9-10-12-13-18-24-19-15-16-23-27(24)30-28-25(21-17-22-26(28)29)20-14-11-8-6-4-2/h15-17,19,21-23,29H,3-14,18,20H2,1-2H3. The van der Waals surface area contributed by atoms with Gasteiger partial charge in [0.2, 0.25) is 0 Å². The van der Waals surface area contributed by atoms with Gasteiger partial charge in [0.05, 0.1) is 0 Å². The summed E-state index contributed by atoms with van der Waals surface area (Å²) in [6.07, 6.45) is 17.4. The van der Waals surface area contributed by atoms with Crippen molar-refractivity contribution in [3.63, 3.8) is 0 Å². The molecule has 2 aromatic carbocycles. The van der Waals surface area contributed by atoms with Gasteiger partial charge in [-0.2, -0.15) is 0 Å². The van der Waals surface area contributed by atoms with Crippen molar-refractivity contribution >= 4 is 0 Å². The molecule has 0 radical (unpaired) electrons. The van der Waals surface area contributed by atoms with Crippen molar-refractivity contribution < 1.29 is 9.84 Å². The van der Waals surface area contributed by atoms with Gasteiger partial charge in [0, 0.05) is 0 Å². The molecule has 0 fully saturated rings. The Morgan fingerprint density at radius 1 is 0.600 bits per heavy atom. The second kappa shape index (κ2) is 14.9. The highest BCUT2D eigenvalue weighted by Gasteiger charge is 2.12. The van der Waals surface area contributed by atoms with Gasteiger partial charge >= 0.3 is 0 Å². The van der Waals surface area contributed by atoms with Crippen LogP contribution in [-0.2, 0) is 12.8 Å². The molecule has 1 N–H and O–H groups in total. The predicted octanol–water partition coefficient (Wildman–Crippen LogP) is 8.99. The van der Waals surface area contributed by atoms with Crippen LogP contribution in [0.25, 0.3) is 0 Å². The zero-order chi connectivity index (χ0) is 21.4. The van der Waals surface area contributed by atoms with E-state index in [9.17, 15) is 5.11 Å². The molecule has 0 bridgehead atoms. The molecule has 2 nitrogen and oxygen atoms in total. The lowest BCUT2D eigenvalue weighted by Gasteiger charge is -2.15. The third kappa shape index (κ3) is 8.81. The van der Waals surface area contributed by atoms with Gasteiger partial charge in [-0.15, -0.1) is 0 Å². The zero-order valence-electron chi connectivity index (χ0n) is 19.3. The average Bonchev–Trinajstić information content (AvgIpc) is 2.76. The molecule has 0 saturated carbocycles. The number of ether oxygens (including phenoxy) is 1. The fourth-order valence-electron chi connectivity index (χ4n) is 4.00. The summed E-state index contributed by atoms with van der Waals surface area (Å²) in [5.74, 6) is 1.77. The highest BCUT2D eigenvalue weighted by molar-refractivity contribution is 5.49. The van der Waals surface area contributed by atoms with Crippen LogP contribution in [0.2, 0.25) is 0 Å². The summed E-state index contributed by atoms with van der Waals surface area (Å²) in [6.45, 7) is 4.50. The van der Waals surface area contributed by atoms with E-state index in [4.69, 9.17) is 4.74 Å². The van der Waals surface area contributed by atoms with Crippen LogP contribution >= 0.6 is 0 Å². The molecule has 0 amide bonds. The van der Waals surface area contributed by atoms with Crippen molar-refractivity contribution in [1.29, 1.82) is 0 Å². The lowest BCUT2D eigenvalue weighted by molar-refractivity contribution is 0.403. The SMILES string of the molecule is CCCCCCCCCc1ccccc1Oc1c(O)cccc1CCCCCCC. The maximum atomic E-state index is 10.5. The average molecular weight is 411 g/mol. The number of benzene rings is 2. The fourth-order valence-corrected chi connectivity index (χ4v) is 4.00. The van der Waals surface area contributed by atoms with Crippen LogP contribution in [-0.4, -0.2) is 5.11 Å². The molecule has 2 heteroatoms. The topological polar surface area (TPSA) is 29.5 Å². The van der Waals surface area contributed by atoms with Crippen LogP contribution in [0.3, 0.4) is 0 Å². The summed E-state index contributed by atoms with van der Waals surface area (Å²) in [4.78, 5) is 0. The summed E-state index contributed by atoms with van der Waals surface area (Å²) < 4.78 is 6.31. The van der Waals surface area contributed by atoms with Gasteiger partial charge in [0.25, 0.3) is 0 Å². The quantitative estimate of drug-likeness (QED) is 0.280. The van der Waals surface area contributed by atoms with Gasteiger partial charge in [-0.1, -0.05) is 108 Å². The summed E-state index contributed by atoms with van der Waals surface area (Å²) in [7, 11) is 0. The molecule has 166 valence electrons. The van der Waals surface area contributed by atoms with Gasteiger partial charge in [-0.25, -0.2) is 0 Å². The van der Waals surface area contributed by atoms with Crippen LogP contribution in [0.15, 0.2) is 42.5 Å². The molecule has 0 heterocycles. The van der Waals surface area contributed by atoms with E-state index in [-0.39, 0.29) is 5.75 Å². The van der Waals surface area contributed by atoms with Crippen molar-refractivity contribution in [2.75, 3.05) is 0 Å². The first-order chi connectivity index (χ1) is 14.8.